The summed E-state index contributed by atoms with van der Waals surface area (Å²) in [7, 11) is 0. The van der Waals surface area contributed by atoms with Crippen molar-refractivity contribution in [2.24, 2.45) is 16.5 Å². The molecule has 3 nitrogen and oxygen atoms in total. The zero-order chi connectivity index (χ0) is 19.9. The van der Waals surface area contributed by atoms with Crippen molar-refractivity contribution >= 4 is 29.0 Å². The Hall–Kier alpha value is -1.88. The van der Waals surface area contributed by atoms with E-state index in [1.54, 1.807) is 12.1 Å². The molecule has 4 rings (SSSR count). The lowest BCUT2D eigenvalue weighted by molar-refractivity contribution is 0.141. The molecule has 28 heavy (non-hydrogen) atoms. The number of halogens is 3. The second-order valence-electron chi connectivity index (χ2n) is 7.58. The highest BCUT2D eigenvalue weighted by molar-refractivity contribution is 6.31. The van der Waals surface area contributed by atoms with Crippen LogP contribution in [-0.2, 0) is 5.41 Å². The van der Waals surface area contributed by atoms with Gasteiger partial charge >= 0.3 is 0 Å². The average molecular weight is 418 g/mol. The van der Waals surface area contributed by atoms with Crippen LogP contribution in [0.25, 0.3) is 0 Å². The van der Waals surface area contributed by atoms with Gasteiger partial charge in [-0.1, -0.05) is 53.5 Å². The van der Waals surface area contributed by atoms with Crippen molar-refractivity contribution in [2.75, 3.05) is 0 Å². The topological polar surface area (TPSA) is 64.4 Å². The van der Waals surface area contributed by atoms with Crippen LogP contribution < -0.4 is 11.5 Å². The van der Waals surface area contributed by atoms with Crippen molar-refractivity contribution in [1.82, 2.24) is 0 Å². The molecule has 2 aromatic carbocycles. The lowest BCUT2D eigenvalue weighted by Gasteiger charge is -2.44. The molecule has 0 heterocycles. The standard InChI is InChI=1S/C22H22Cl2FN3/c23-15-9-7-14(8-10-15)22(11-16(25)12-22)21(27)28-20(13-5-6-13)19(26)17-3-1-2-4-18(17)24/h1-4,7-10,16,19H,5-6,11-12,26H2,(H2,27,28). The highest BCUT2D eigenvalue weighted by atomic mass is 35.5. The maximum absolute atomic E-state index is 13.9. The molecule has 0 bridgehead atoms. The van der Waals surface area contributed by atoms with Gasteiger partial charge in [0.05, 0.1) is 17.2 Å². The summed E-state index contributed by atoms with van der Waals surface area (Å²) in [5.41, 5.74) is 16.1. The highest BCUT2D eigenvalue weighted by Crippen LogP contribution is 2.47. The summed E-state index contributed by atoms with van der Waals surface area (Å²) < 4.78 is 13.9. The Morgan fingerprint density at radius 1 is 1.07 bits per heavy atom. The Balaban J connectivity index is 1.72. The van der Waals surface area contributed by atoms with Crippen molar-refractivity contribution in [3.05, 3.63) is 81.0 Å². The number of aliphatic imine (C=N–C) groups is 1. The number of hydrogen-bond donors (Lipinski definition) is 2. The van der Waals surface area contributed by atoms with E-state index in [2.05, 4.69) is 0 Å². The van der Waals surface area contributed by atoms with Gasteiger partial charge in [0.25, 0.3) is 0 Å². The first-order chi connectivity index (χ1) is 13.4. The number of allylic oxidation sites excluding steroid dienone is 1. The molecule has 2 aliphatic carbocycles. The number of rotatable bonds is 5. The van der Waals surface area contributed by atoms with Crippen molar-refractivity contribution in [3.8, 4) is 0 Å². The summed E-state index contributed by atoms with van der Waals surface area (Å²) in [5.74, 6) is 0.403. The quantitative estimate of drug-likeness (QED) is 0.500. The number of amidine groups is 1. The van der Waals surface area contributed by atoms with E-state index in [9.17, 15) is 4.39 Å². The molecule has 0 aliphatic heterocycles. The van der Waals surface area contributed by atoms with Crippen LogP contribution in [0.2, 0.25) is 10.0 Å². The van der Waals surface area contributed by atoms with Gasteiger partial charge in [-0.3, -0.25) is 0 Å². The molecule has 1 unspecified atom stereocenters. The summed E-state index contributed by atoms with van der Waals surface area (Å²) in [6.45, 7) is 0. The predicted octanol–water partition coefficient (Wildman–Crippen LogP) is 5.47. The van der Waals surface area contributed by atoms with Crippen LogP contribution in [-0.4, -0.2) is 12.0 Å². The predicted molar refractivity (Wildman–Crippen MR) is 114 cm³/mol. The molecule has 2 aliphatic rings. The van der Waals surface area contributed by atoms with Gasteiger partial charge in [-0.05, 0) is 60.6 Å². The minimum absolute atomic E-state index is 0.313. The van der Waals surface area contributed by atoms with E-state index in [1.807, 2.05) is 36.4 Å². The molecule has 2 aromatic rings. The fraction of sp³-hybridized carbons (Fsp3) is 0.318. The van der Waals surface area contributed by atoms with Crippen LogP contribution >= 0.6 is 23.2 Å². The zero-order valence-electron chi connectivity index (χ0n) is 15.3. The summed E-state index contributed by atoms with van der Waals surface area (Å²) in [6, 6.07) is 14.4. The van der Waals surface area contributed by atoms with E-state index < -0.39 is 17.6 Å². The second kappa shape index (κ2) is 7.51. The first-order valence-electron chi connectivity index (χ1n) is 9.37. The monoisotopic (exact) mass is 417 g/mol. The van der Waals surface area contributed by atoms with Gasteiger partial charge in [0.1, 0.15) is 12.0 Å². The largest absolute Gasteiger partial charge is 0.386 e. The number of nitrogens with two attached hydrogens (primary N) is 2. The molecule has 6 heteroatoms. The third kappa shape index (κ3) is 3.57. The van der Waals surface area contributed by atoms with Gasteiger partial charge in [0, 0.05) is 10.0 Å². The number of alkyl halides is 1. The molecule has 0 spiro atoms. The van der Waals surface area contributed by atoms with E-state index in [4.69, 9.17) is 39.7 Å². The Morgan fingerprint density at radius 3 is 2.29 bits per heavy atom. The highest BCUT2D eigenvalue weighted by Gasteiger charge is 2.49. The van der Waals surface area contributed by atoms with Crippen molar-refractivity contribution < 1.29 is 4.39 Å². The molecular formula is C22H22Cl2FN3. The third-order valence-corrected chi connectivity index (χ3v) is 6.26. The van der Waals surface area contributed by atoms with Gasteiger partial charge in [0.2, 0.25) is 0 Å². The number of hydrogen-bond acceptors (Lipinski definition) is 2. The minimum atomic E-state index is -0.890. The van der Waals surface area contributed by atoms with E-state index in [0.717, 1.165) is 29.7 Å². The third-order valence-electron chi connectivity index (χ3n) is 5.67. The van der Waals surface area contributed by atoms with Gasteiger partial charge in [0.15, 0.2) is 0 Å². The van der Waals surface area contributed by atoms with Gasteiger partial charge < -0.3 is 11.5 Å². The summed E-state index contributed by atoms with van der Waals surface area (Å²) in [5, 5.41) is 1.23. The van der Waals surface area contributed by atoms with Crippen molar-refractivity contribution in [2.45, 2.75) is 43.3 Å². The molecule has 146 valence electrons. The number of benzene rings is 2. The fourth-order valence-electron chi connectivity index (χ4n) is 3.86. The Morgan fingerprint density at radius 2 is 1.71 bits per heavy atom. The fourth-order valence-corrected chi connectivity index (χ4v) is 4.24. The van der Waals surface area contributed by atoms with E-state index in [0.29, 0.717) is 28.7 Å². The smallest absolute Gasteiger partial charge is 0.110 e. The lowest BCUT2D eigenvalue weighted by Crippen LogP contribution is -2.52. The molecule has 2 saturated carbocycles. The van der Waals surface area contributed by atoms with E-state index in [1.165, 1.54) is 5.57 Å². The average Bonchev–Trinajstić information content (AvgIpc) is 3.49. The molecule has 2 fully saturated rings. The Labute approximate surface area is 174 Å². The normalized spacial score (nSPS) is 25.2. The molecule has 4 N–H and O–H groups in total. The van der Waals surface area contributed by atoms with Crippen molar-refractivity contribution in [1.29, 1.82) is 0 Å². The Bertz CT molecular complexity index is 941. The molecule has 0 aromatic heterocycles. The minimum Gasteiger partial charge on any atom is -0.386 e. The van der Waals surface area contributed by atoms with Crippen molar-refractivity contribution in [3.63, 3.8) is 0 Å². The van der Waals surface area contributed by atoms with Crippen LogP contribution in [0, 0.1) is 0 Å². The summed E-state index contributed by atoms with van der Waals surface area (Å²) >= 11 is 12.4. The van der Waals surface area contributed by atoms with Gasteiger partial charge in [-0.25, -0.2) is 9.38 Å². The van der Waals surface area contributed by atoms with Crippen LogP contribution in [0.4, 0.5) is 4.39 Å². The summed E-state index contributed by atoms with van der Waals surface area (Å²) in [4.78, 5) is 4.77. The van der Waals surface area contributed by atoms with E-state index in [-0.39, 0.29) is 0 Å². The lowest BCUT2D eigenvalue weighted by atomic mass is 9.62. The first kappa shape index (κ1) is 19.4. The van der Waals surface area contributed by atoms with Crippen LogP contribution in [0.1, 0.15) is 42.9 Å². The maximum Gasteiger partial charge on any atom is 0.110 e. The molecule has 0 saturated heterocycles. The second-order valence-corrected chi connectivity index (χ2v) is 8.42. The maximum atomic E-state index is 13.9. The molecule has 0 radical (unpaired) electrons. The SMILES string of the molecule is NC(=NC(=C1CC1)C(N)c1ccccc1Cl)C1(c2ccc(Cl)cc2)CC(F)C1. The van der Waals surface area contributed by atoms with Gasteiger partial charge in [-0.15, -0.1) is 0 Å². The molecule has 1 atom stereocenters. The van der Waals surface area contributed by atoms with E-state index >= 15 is 0 Å². The zero-order valence-corrected chi connectivity index (χ0v) is 16.8. The number of nitrogens with zero attached hydrogens (tertiary/aromatic N) is 1. The first-order valence-corrected chi connectivity index (χ1v) is 10.1. The van der Waals surface area contributed by atoms with Crippen LogP contribution in [0.3, 0.4) is 0 Å². The van der Waals surface area contributed by atoms with Crippen LogP contribution in [0.5, 0.6) is 0 Å². The Kier molecular flexibility index (Phi) is 5.21. The van der Waals surface area contributed by atoms with Gasteiger partial charge in [-0.2, -0.15) is 0 Å². The summed E-state index contributed by atoms with van der Waals surface area (Å²) in [6.07, 6.45) is 1.63. The van der Waals surface area contributed by atoms with Crippen LogP contribution in [0.15, 0.2) is 64.8 Å². The molecule has 0 amide bonds. The molecular weight excluding hydrogens is 396 g/mol.